The van der Waals surface area contributed by atoms with E-state index in [2.05, 4.69) is 15.4 Å². The molecule has 0 aromatic carbocycles. The van der Waals surface area contributed by atoms with Gasteiger partial charge in [-0.25, -0.2) is 0 Å². The van der Waals surface area contributed by atoms with Crippen LogP contribution in [0.5, 0.6) is 0 Å². The fourth-order valence-corrected chi connectivity index (χ4v) is 3.99. The summed E-state index contributed by atoms with van der Waals surface area (Å²) >= 11 is 3.26. The zero-order valence-electron chi connectivity index (χ0n) is 8.90. The molecular weight excluding hydrogens is 238 g/mol. The molecule has 0 amide bonds. The first kappa shape index (κ1) is 10.2. The van der Waals surface area contributed by atoms with Gasteiger partial charge in [-0.3, -0.25) is 0 Å². The number of fused-ring (bicyclic) bond motifs is 1. The van der Waals surface area contributed by atoms with E-state index in [1.807, 2.05) is 11.3 Å². The van der Waals surface area contributed by atoms with Crippen LogP contribution in [0.4, 0.5) is 5.95 Å². The number of aryl methyl sites for hydroxylation is 2. The van der Waals surface area contributed by atoms with Crippen molar-refractivity contribution in [2.24, 2.45) is 0 Å². The van der Waals surface area contributed by atoms with Gasteiger partial charge in [0.05, 0.1) is 4.88 Å². The summed E-state index contributed by atoms with van der Waals surface area (Å²) in [6, 6.07) is 2.28. The van der Waals surface area contributed by atoms with Crippen molar-refractivity contribution in [3.8, 4) is 9.88 Å². The van der Waals surface area contributed by atoms with Gasteiger partial charge in [-0.2, -0.15) is 9.36 Å². The van der Waals surface area contributed by atoms with Crippen LogP contribution in [0, 0.1) is 0 Å². The maximum atomic E-state index is 5.56. The molecule has 2 aromatic rings. The first-order chi connectivity index (χ1) is 7.83. The van der Waals surface area contributed by atoms with E-state index in [0.29, 0.717) is 5.95 Å². The summed E-state index contributed by atoms with van der Waals surface area (Å²) < 4.78 is 4.03. The summed E-state index contributed by atoms with van der Waals surface area (Å²) in [5, 5.41) is 0.968. The van der Waals surface area contributed by atoms with E-state index in [4.69, 9.17) is 5.73 Å². The Morgan fingerprint density at radius 2 is 2.06 bits per heavy atom. The van der Waals surface area contributed by atoms with Crippen LogP contribution in [-0.4, -0.2) is 9.36 Å². The molecule has 0 aliphatic heterocycles. The van der Waals surface area contributed by atoms with E-state index in [0.717, 1.165) is 5.01 Å². The molecule has 0 saturated heterocycles. The Bertz CT molecular complexity index is 478. The minimum atomic E-state index is 0.392. The molecule has 0 bridgehead atoms. The van der Waals surface area contributed by atoms with Crippen LogP contribution in [0.15, 0.2) is 6.07 Å². The minimum Gasteiger partial charge on any atom is -0.367 e. The lowest BCUT2D eigenvalue weighted by atomic mass is 10.1. The number of aromatic nitrogens is 2. The molecule has 3 nitrogen and oxygen atoms in total. The fourth-order valence-electron chi connectivity index (χ4n) is 2.11. The molecule has 3 rings (SSSR count). The van der Waals surface area contributed by atoms with Crippen molar-refractivity contribution in [2.45, 2.75) is 32.1 Å². The zero-order chi connectivity index (χ0) is 11.0. The van der Waals surface area contributed by atoms with Crippen molar-refractivity contribution in [2.75, 3.05) is 5.73 Å². The summed E-state index contributed by atoms with van der Waals surface area (Å²) in [5.74, 6) is 0.392. The predicted molar refractivity (Wildman–Crippen MR) is 68.9 cm³/mol. The van der Waals surface area contributed by atoms with Crippen LogP contribution in [0.3, 0.4) is 0 Å². The highest BCUT2D eigenvalue weighted by molar-refractivity contribution is 7.19. The van der Waals surface area contributed by atoms with Crippen molar-refractivity contribution in [1.29, 1.82) is 0 Å². The van der Waals surface area contributed by atoms with Crippen LogP contribution in [0.25, 0.3) is 9.88 Å². The standard InChI is InChI=1S/C11H13N3S2/c12-11-13-10(16-14-11)9-6-7-4-2-1-3-5-8(7)15-9/h6H,1-5H2,(H2,12,14). The Morgan fingerprint density at radius 1 is 1.19 bits per heavy atom. The summed E-state index contributed by atoms with van der Waals surface area (Å²) in [7, 11) is 0. The van der Waals surface area contributed by atoms with Crippen LogP contribution in [0.2, 0.25) is 0 Å². The van der Waals surface area contributed by atoms with E-state index in [1.54, 1.807) is 4.88 Å². The highest BCUT2D eigenvalue weighted by Gasteiger charge is 2.15. The number of hydrogen-bond acceptors (Lipinski definition) is 5. The molecule has 16 heavy (non-hydrogen) atoms. The maximum Gasteiger partial charge on any atom is 0.232 e. The molecule has 0 unspecified atom stereocenters. The number of thiophene rings is 1. The number of rotatable bonds is 1. The highest BCUT2D eigenvalue weighted by atomic mass is 32.1. The molecule has 1 aliphatic carbocycles. The first-order valence-corrected chi connectivity index (χ1v) is 7.13. The predicted octanol–water partition coefficient (Wildman–Crippen LogP) is 3.12. The summed E-state index contributed by atoms with van der Waals surface area (Å²) in [6.07, 6.45) is 6.46. The monoisotopic (exact) mass is 251 g/mol. The summed E-state index contributed by atoms with van der Waals surface area (Å²) in [4.78, 5) is 7.02. The molecule has 0 saturated carbocycles. The minimum absolute atomic E-state index is 0.392. The lowest BCUT2D eigenvalue weighted by Gasteiger charge is -1.92. The molecule has 5 heteroatoms. The molecule has 0 radical (unpaired) electrons. The van der Waals surface area contributed by atoms with E-state index < -0.39 is 0 Å². The van der Waals surface area contributed by atoms with Crippen molar-refractivity contribution in [1.82, 2.24) is 9.36 Å². The third kappa shape index (κ3) is 1.85. The fraction of sp³-hybridized carbons (Fsp3) is 0.455. The molecular formula is C11H13N3S2. The van der Waals surface area contributed by atoms with Crippen molar-refractivity contribution >= 4 is 28.8 Å². The van der Waals surface area contributed by atoms with Gasteiger partial charge >= 0.3 is 0 Å². The van der Waals surface area contributed by atoms with Gasteiger partial charge in [-0.15, -0.1) is 11.3 Å². The largest absolute Gasteiger partial charge is 0.367 e. The number of nitrogens with zero attached hydrogens (tertiary/aromatic N) is 2. The van der Waals surface area contributed by atoms with Crippen molar-refractivity contribution in [3.05, 3.63) is 16.5 Å². The van der Waals surface area contributed by atoms with Crippen LogP contribution >= 0.6 is 22.9 Å². The lowest BCUT2D eigenvalue weighted by Crippen LogP contribution is -1.84. The molecule has 0 atom stereocenters. The van der Waals surface area contributed by atoms with Gasteiger partial charge in [-0.05, 0) is 48.8 Å². The van der Waals surface area contributed by atoms with Gasteiger partial charge < -0.3 is 5.73 Å². The molecule has 0 fully saturated rings. The normalized spacial score (nSPS) is 15.8. The quantitative estimate of drug-likeness (QED) is 0.792. The molecule has 2 heterocycles. The van der Waals surface area contributed by atoms with Gasteiger partial charge in [0.25, 0.3) is 0 Å². The summed E-state index contributed by atoms with van der Waals surface area (Å²) in [5.41, 5.74) is 7.08. The topological polar surface area (TPSA) is 51.8 Å². The third-order valence-electron chi connectivity index (χ3n) is 2.90. The molecule has 1 aliphatic rings. The number of anilines is 1. The van der Waals surface area contributed by atoms with E-state index >= 15 is 0 Å². The Morgan fingerprint density at radius 3 is 2.88 bits per heavy atom. The zero-order valence-corrected chi connectivity index (χ0v) is 10.5. The molecule has 84 valence electrons. The van der Waals surface area contributed by atoms with Gasteiger partial charge in [-0.1, -0.05) is 6.42 Å². The number of nitrogen functional groups attached to an aromatic ring is 1. The molecule has 0 spiro atoms. The van der Waals surface area contributed by atoms with Crippen LogP contribution in [-0.2, 0) is 12.8 Å². The Hall–Kier alpha value is -0.940. The SMILES string of the molecule is Nc1nsc(-c2cc3c(s2)CCCCC3)n1. The second-order valence-electron chi connectivity index (χ2n) is 4.08. The van der Waals surface area contributed by atoms with Crippen LogP contribution in [0.1, 0.15) is 29.7 Å². The first-order valence-electron chi connectivity index (χ1n) is 5.54. The maximum absolute atomic E-state index is 5.56. The van der Waals surface area contributed by atoms with Crippen molar-refractivity contribution in [3.63, 3.8) is 0 Å². The van der Waals surface area contributed by atoms with Gasteiger partial charge in [0, 0.05) is 4.88 Å². The van der Waals surface area contributed by atoms with Crippen molar-refractivity contribution < 1.29 is 0 Å². The van der Waals surface area contributed by atoms with Gasteiger partial charge in [0.15, 0.2) is 5.01 Å². The molecule has 2 aromatic heterocycles. The average Bonchev–Trinajstić information content (AvgIpc) is 2.81. The number of hydrogen-bond donors (Lipinski definition) is 1. The van der Waals surface area contributed by atoms with Gasteiger partial charge in [0.1, 0.15) is 0 Å². The second-order valence-corrected chi connectivity index (χ2v) is 5.97. The highest BCUT2D eigenvalue weighted by Crippen LogP contribution is 2.35. The average molecular weight is 251 g/mol. The second kappa shape index (κ2) is 4.14. The van der Waals surface area contributed by atoms with Crippen LogP contribution < -0.4 is 5.73 Å². The summed E-state index contributed by atoms with van der Waals surface area (Å²) in [6.45, 7) is 0. The number of nitrogens with two attached hydrogens (primary N) is 1. The lowest BCUT2D eigenvalue weighted by molar-refractivity contribution is 0.713. The molecule has 2 N–H and O–H groups in total. The van der Waals surface area contributed by atoms with Gasteiger partial charge in [0.2, 0.25) is 5.95 Å². The third-order valence-corrected chi connectivity index (χ3v) is 5.03. The van der Waals surface area contributed by atoms with E-state index in [9.17, 15) is 0 Å². The Kier molecular flexibility index (Phi) is 2.65. The Balaban J connectivity index is 1.98. The van der Waals surface area contributed by atoms with E-state index in [-0.39, 0.29) is 0 Å². The Labute approximate surface area is 103 Å². The smallest absolute Gasteiger partial charge is 0.232 e. The van der Waals surface area contributed by atoms with E-state index in [1.165, 1.54) is 54.1 Å².